The lowest BCUT2D eigenvalue weighted by molar-refractivity contribution is -0.138. The van der Waals surface area contributed by atoms with Gasteiger partial charge in [0.1, 0.15) is 0 Å². The maximum atomic E-state index is 13.2. The average molecular weight is 669 g/mol. The maximum Gasteiger partial charge on any atom is 0.419 e. The summed E-state index contributed by atoms with van der Waals surface area (Å²) in [7, 11) is 0. The molecule has 10 heteroatoms. The molecule has 5 aromatic rings. The zero-order valence-electron chi connectivity index (χ0n) is 22.7. The Balaban J connectivity index is 1.58. The molecular weight excluding hydrogens is 640 g/mol. The summed E-state index contributed by atoms with van der Waals surface area (Å²) >= 11 is 2.37. The molecule has 1 N–H and O–H groups in total. The molecule has 0 fully saturated rings. The van der Waals surface area contributed by atoms with Gasteiger partial charge in [-0.15, -0.1) is 6.58 Å². The number of rotatable bonds is 6. The van der Waals surface area contributed by atoms with Crippen molar-refractivity contribution in [2.75, 3.05) is 11.4 Å². The molecule has 2 aromatic carbocycles. The molecule has 1 aliphatic rings. The van der Waals surface area contributed by atoms with Gasteiger partial charge in [-0.2, -0.15) is 18.3 Å². The van der Waals surface area contributed by atoms with Gasteiger partial charge in [-0.1, -0.05) is 31.2 Å². The Bertz CT molecular complexity index is 1770. The van der Waals surface area contributed by atoms with Crippen LogP contribution in [-0.2, 0) is 32.0 Å². The zero-order chi connectivity index (χ0) is 28.9. The molecule has 0 bridgehead atoms. The first kappa shape index (κ1) is 27.5. The lowest BCUT2D eigenvalue weighted by Crippen LogP contribution is -2.31. The number of aryl methyl sites for hydroxylation is 2. The molecular formula is C31H28F3IN6. The quantitative estimate of drug-likeness (QED) is 0.150. The molecule has 0 aliphatic carbocycles. The minimum atomic E-state index is -4.48. The lowest BCUT2D eigenvalue weighted by Gasteiger charge is -2.27. The van der Waals surface area contributed by atoms with E-state index < -0.39 is 11.7 Å². The summed E-state index contributed by atoms with van der Waals surface area (Å²) in [4.78, 5) is 13.5. The van der Waals surface area contributed by atoms with E-state index in [1.165, 1.54) is 11.1 Å². The first-order chi connectivity index (χ1) is 19.7. The van der Waals surface area contributed by atoms with Crippen LogP contribution in [0.25, 0.3) is 27.8 Å². The van der Waals surface area contributed by atoms with Crippen molar-refractivity contribution in [3.8, 4) is 16.9 Å². The van der Waals surface area contributed by atoms with E-state index in [-0.39, 0.29) is 5.95 Å². The number of H-pyrrole nitrogens is 1. The van der Waals surface area contributed by atoms with E-state index in [1.54, 1.807) is 0 Å². The highest BCUT2D eigenvalue weighted by Gasteiger charge is 2.33. The molecule has 0 spiro atoms. The van der Waals surface area contributed by atoms with Crippen LogP contribution in [0.2, 0.25) is 0 Å². The van der Waals surface area contributed by atoms with Gasteiger partial charge in [-0.3, -0.25) is 0 Å². The second-order valence-electron chi connectivity index (χ2n) is 10.2. The molecule has 41 heavy (non-hydrogen) atoms. The third-order valence-electron chi connectivity index (χ3n) is 7.74. The molecule has 6 rings (SSSR count). The highest BCUT2D eigenvalue weighted by molar-refractivity contribution is 14.1. The van der Waals surface area contributed by atoms with E-state index in [9.17, 15) is 13.2 Å². The summed E-state index contributed by atoms with van der Waals surface area (Å²) in [6.07, 6.45) is 3.23. The summed E-state index contributed by atoms with van der Waals surface area (Å²) in [6.45, 7) is 9.21. The normalized spacial score (nSPS) is 13.6. The smallest absolute Gasteiger partial charge is 0.361 e. The summed E-state index contributed by atoms with van der Waals surface area (Å²) in [6, 6.07) is 10.6. The van der Waals surface area contributed by atoms with Crippen molar-refractivity contribution in [3.63, 3.8) is 0 Å². The molecule has 0 saturated carbocycles. The lowest BCUT2D eigenvalue weighted by atomic mass is 9.96. The van der Waals surface area contributed by atoms with Crippen LogP contribution in [0.15, 0.2) is 61.6 Å². The maximum absolute atomic E-state index is 13.2. The van der Waals surface area contributed by atoms with Gasteiger partial charge in [0.05, 0.1) is 28.2 Å². The fraction of sp³-hybridized carbons (Fsp3) is 0.258. The number of nitrogens with one attached hydrogen (secondary N) is 1. The second-order valence-corrected chi connectivity index (χ2v) is 11.4. The van der Waals surface area contributed by atoms with Crippen LogP contribution in [0.3, 0.4) is 0 Å². The fourth-order valence-electron chi connectivity index (χ4n) is 5.67. The van der Waals surface area contributed by atoms with Crippen LogP contribution < -0.4 is 4.90 Å². The summed E-state index contributed by atoms with van der Waals surface area (Å²) < 4.78 is 42.7. The van der Waals surface area contributed by atoms with Crippen molar-refractivity contribution < 1.29 is 13.2 Å². The Morgan fingerprint density at radius 2 is 1.90 bits per heavy atom. The first-order valence-electron chi connectivity index (χ1n) is 13.4. The summed E-state index contributed by atoms with van der Waals surface area (Å²) in [5.41, 5.74) is 8.78. The molecule has 210 valence electrons. The number of nitrogens with zero attached hydrogens (tertiary/aromatic N) is 5. The highest BCUT2D eigenvalue weighted by atomic mass is 127. The van der Waals surface area contributed by atoms with Crippen molar-refractivity contribution in [1.29, 1.82) is 0 Å². The van der Waals surface area contributed by atoms with Crippen molar-refractivity contribution in [1.82, 2.24) is 24.7 Å². The van der Waals surface area contributed by atoms with Gasteiger partial charge < -0.3 is 9.88 Å². The number of allylic oxidation sites excluding steroid dienone is 1. The van der Waals surface area contributed by atoms with E-state index in [0.29, 0.717) is 25.9 Å². The zero-order valence-corrected chi connectivity index (χ0v) is 24.8. The van der Waals surface area contributed by atoms with Gasteiger partial charge in [-0.05, 0) is 71.2 Å². The number of aromatic amines is 1. The molecule has 0 saturated heterocycles. The Hall–Kier alpha value is -3.67. The summed E-state index contributed by atoms with van der Waals surface area (Å²) in [5.74, 6) is 0.272. The third kappa shape index (κ3) is 4.81. The Morgan fingerprint density at radius 1 is 1.15 bits per heavy atom. The monoisotopic (exact) mass is 668 g/mol. The van der Waals surface area contributed by atoms with E-state index >= 15 is 0 Å². The van der Waals surface area contributed by atoms with Crippen LogP contribution >= 0.6 is 22.6 Å². The van der Waals surface area contributed by atoms with Gasteiger partial charge in [0.15, 0.2) is 0 Å². The molecule has 3 aromatic heterocycles. The number of aromatic nitrogens is 5. The molecule has 0 amide bonds. The SMILES string of the molecule is C=CCc1cccc(CC)c1-n1nc2c(c1-c1cc(I)c(C)c3[nH]ccc13)CN(c1ncc(C(F)(F)F)cn1)CC2. The molecule has 0 atom stereocenters. The topological polar surface area (TPSA) is 62.6 Å². The predicted molar refractivity (Wildman–Crippen MR) is 163 cm³/mol. The molecule has 0 radical (unpaired) electrons. The Morgan fingerprint density at radius 3 is 2.61 bits per heavy atom. The second kappa shape index (κ2) is 10.6. The summed E-state index contributed by atoms with van der Waals surface area (Å²) in [5, 5.41) is 6.31. The molecule has 4 heterocycles. The highest BCUT2D eigenvalue weighted by Crippen LogP contribution is 2.40. The van der Waals surface area contributed by atoms with Crippen molar-refractivity contribution in [2.45, 2.75) is 45.8 Å². The largest absolute Gasteiger partial charge is 0.419 e. The van der Waals surface area contributed by atoms with Crippen LogP contribution in [0.5, 0.6) is 0 Å². The minimum Gasteiger partial charge on any atom is -0.361 e. The van der Waals surface area contributed by atoms with Gasteiger partial charge in [-0.25, -0.2) is 14.6 Å². The number of fused-ring (bicyclic) bond motifs is 2. The van der Waals surface area contributed by atoms with Gasteiger partial charge in [0.25, 0.3) is 0 Å². The third-order valence-corrected chi connectivity index (χ3v) is 8.86. The molecule has 1 aliphatic heterocycles. The number of halogens is 4. The number of alkyl halides is 3. The van der Waals surface area contributed by atoms with Gasteiger partial charge >= 0.3 is 6.18 Å². The standard InChI is InChI=1S/C31H28F3IN6/c1-4-7-20-9-6-8-19(5-2)28(20)41-29(23-14-25(35)18(3)27-22(23)10-12-36-27)24-17-40(13-11-26(24)39-41)30-37-15-21(16-38-30)31(32,33)34/h4,6,8-10,12,14-16,36H,1,5,7,11,13,17H2,2-3H3. The van der Waals surface area contributed by atoms with E-state index in [0.717, 1.165) is 67.1 Å². The number of para-hydroxylation sites is 1. The number of hydrogen-bond donors (Lipinski definition) is 1. The predicted octanol–water partition coefficient (Wildman–Crippen LogP) is 7.60. The molecule has 0 unspecified atom stereocenters. The van der Waals surface area contributed by atoms with Crippen LogP contribution in [0.4, 0.5) is 19.1 Å². The first-order valence-corrected chi connectivity index (χ1v) is 14.5. The van der Waals surface area contributed by atoms with Crippen LogP contribution in [-0.4, -0.2) is 31.3 Å². The van der Waals surface area contributed by atoms with E-state index in [4.69, 9.17) is 5.10 Å². The van der Waals surface area contributed by atoms with Crippen molar-refractivity contribution in [2.24, 2.45) is 0 Å². The van der Waals surface area contributed by atoms with Gasteiger partial charge in [0, 0.05) is 58.2 Å². The van der Waals surface area contributed by atoms with E-state index in [2.05, 4.69) is 93.0 Å². The number of anilines is 1. The average Bonchev–Trinajstić information content (AvgIpc) is 3.60. The van der Waals surface area contributed by atoms with Crippen LogP contribution in [0, 0.1) is 10.5 Å². The van der Waals surface area contributed by atoms with Crippen molar-refractivity contribution in [3.05, 3.63) is 98.7 Å². The minimum absolute atomic E-state index is 0.272. The van der Waals surface area contributed by atoms with Gasteiger partial charge in [0.2, 0.25) is 5.95 Å². The number of hydrogen-bond acceptors (Lipinski definition) is 4. The Labute approximate surface area is 249 Å². The number of benzene rings is 2. The Kier molecular flexibility index (Phi) is 7.13. The fourth-order valence-corrected chi connectivity index (χ4v) is 6.25. The van der Waals surface area contributed by atoms with Crippen LogP contribution in [0.1, 0.15) is 40.4 Å². The van der Waals surface area contributed by atoms with E-state index in [1.807, 2.05) is 17.2 Å². The van der Waals surface area contributed by atoms with Crippen molar-refractivity contribution >= 4 is 39.4 Å². The molecule has 6 nitrogen and oxygen atoms in total.